The van der Waals surface area contributed by atoms with Crippen molar-refractivity contribution in [2.45, 2.75) is 51.0 Å². The monoisotopic (exact) mass is 586 g/mol. The zero-order valence-electron chi connectivity index (χ0n) is 22.4. The Labute approximate surface area is 240 Å². The number of imide groups is 1. The van der Waals surface area contributed by atoms with Crippen molar-refractivity contribution in [3.63, 3.8) is 0 Å². The van der Waals surface area contributed by atoms with E-state index in [9.17, 15) is 34.1 Å². The fourth-order valence-electron chi connectivity index (χ4n) is 4.70. The molecule has 0 spiro atoms. The van der Waals surface area contributed by atoms with Crippen LogP contribution in [0.3, 0.4) is 0 Å². The first-order valence-corrected chi connectivity index (χ1v) is 14.1. The number of carboxylic acid groups (broad SMARTS) is 1. The molecule has 2 aliphatic heterocycles. The predicted octanol–water partition coefficient (Wildman–Crippen LogP) is 0.565. The van der Waals surface area contributed by atoms with Crippen LogP contribution < -0.4 is 21.0 Å². The summed E-state index contributed by atoms with van der Waals surface area (Å²) >= 11 is 1.03. The van der Waals surface area contributed by atoms with Crippen LogP contribution in [0.15, 0.2) is 23.6 Å². The molecule has 0 bridgehead atoms. The number of anilines is 1. The van der Waals surface area contributed by atoms with Gasteiger partial charge in [0.2, 0.25) is 5.91 Å². The van der Waals surface area contributed by atoms with Crippen molar-refractivity contribution in [2.75, 3.05) is 25.4 Å². The van der Waals surface area contributed by atoms with Gasteiger partial charge in [-0.3, -0.25) is 19.3 Å². The van der Waals surface area contributed by atoms with Gasteiger partial charge in [0.1, 0.15) is 5.75 Å². The minimum Gasteiger partial charge on any atom is -0.534 e. The van der Waals surface area contributed by atoms with E-state index in [-0.39, 0.29) is 41.6 Å². The molecule has 1 fully saturated rings. The highest BCUT2D eigenvalue weighted by Crippen LogP contribution is 2.30. The average Bonchev–Trinajstić information content (AvgIpc) is 3.37. The lowest BCUT2D eigenvalue weighted by atomic mass is 9.72. The van der Waals surface area contributed by atoms with Crippen LogP contribution in [0.25, 0.3) is 0 Å². The van der Waals surface area contributed by atoms with Gasteiger partial charge in [0.05, 0.1) is 17.2 Å². The van der Waals surface area contributed by atoms with Gasteiger partial charge in [-0.1, -0.05) is 38.3 Å². The Kier molecular flexibility index (Phi) is 9.44. The molecule has 1 aromatic heterocycles. The number of nitrogens with one attached hydrogen (secondary N) is 2. The maximum Gasteiger partial charge on any atom is 0.547 e. The zero-order chi connectivity index (χ0) is 29.7. The maximum atomic E-state index is 13.4. The molecule has 218 valence electrons. The van der Waals surface area contributed by atoms with Gasteiger partial charge in [0.25, 0.3) is 0 Å². The number of para-hydroxylation sites is 1. The number of urea groups is 1. The number of amides is 5. The molecular formula is C25H31BN6O8S. The second-order valence-electron chi connectivity index (χ2n) is 9.73. The highest BCUT2D eigenvalue weighted by Gasteiger charge is 2.41. The van der Waals surface area contributed by atoms with Gasteiger partial charge in [-0.25, -0.2) is 14.6 Å². The van der Waals surface area contributed by atoms with E-state index >= 15 is 0 Å². The maximum absolute atomic E-state index is 13.4. The molecule has 2 atom stereocenters. The van der Waals surface area contributed by atoms with E-state index in [4.69, 9.17) is 10.4 Å². The van der Waals surface area contributed by atoms with Gasteiger partial charge in [-0.15, -0.1) is 11.3 Å². The Bertz CT molecular complexity index is 1340. The smallest absolute Gasteiger partial charge is 0.534 e. The normalized spacial score (nSPS) is 17.5. The number of nitrogens with zero attached hydrogens (tertiary/aromatic N) is 3. The van der Waals surface area contributed by atoms with Gasteiger partial charge in [0, 0.05) is 25.0 Å². The summed E-state index contributed by atoms with van der Waals surface area (Å²) in [4.78, 5) is 69.7. The second-order valence-corrected chi connectivity index (χ2v) is 10.6. The standard InChI is InChI=1S/C25H31BN6O8S/c1-2-3-4-5-9-31-10-11-32(22(35)21(31)34)25(38)30-18(16-13-41-24(27)28-16)20(33)29-17-12-14-7-6-8-15(23(36)37)19(14)40-26(17)39/h6-8,13,17-18,39H,2-5,9-12H2,1H3,(H2,27,28)(H,29,33)(H,30,38)(H,36,37)/t17-,18?/m0/s1. The van der Waals surface area contributed by atoms with Crippen molar-refractivity contribution in [1.29, 1.82) is 0 Å². The average molecular weight is 586 g/mol. The molecule has 0 aliphatic carbocycles. The predicted molar refractivity (Wildman–Crippen MR) is 148 cm³/mol. The summed E-state index contributed by atoms with van der Waals surface area (Å²) in [6.45, 7) is 2.62. The Morgan fingerprint density at radius 2 is 2.00 bits per heavy atom. The van der Waals surface area contributed by atoms with Crippen molar-refractivity contribution in [2.24, 2.45) is 0 Å². The number of rotatable bonds is 10. The van der Waals surface area contributed by atoms with Crippen molar-refractivity contribution >= 4 is 53.3 Å². The van der Waals surface area contributed by atoms with E-state index in [2.05, 4.69) is 22.5 Å². The van der Waals surface area contributed by atoms with E-state index in [0.717, 1.165) is 41.9 Å². The summed E-state index contributed by atoms with van der Waals surface area (Å²) in [5.41, 5.74) is 6.16. The number of benzene rings is 1. The number of carboxylic acids is 1. The molecule has 1 unspecified atom stereocenters. The second kappa shape index (κ2) is 13.0. The fraction of sp³-hybridized carbons (Fsp3) is 0.440. The molecule has 41 heavy (non-hydrogen) atoms. The lowest BCUT2D eigenvalue weighted by Gasteiger charge is -2.33. The number of aromatic carboxylic acids is 1. The molecule has 4 rings (SSSR count). The van der Waals surface area contributed by atoms with Crippen LogP contribution in [0.5, 0.6) is 5.75 Å². The molecule has 2 aromatic rings. The van der Waals surface area contributed by atoms with Gasteiger partial charge in [-0.05, 0) is 24.5 Å². The lowest BCUT2D eigenvalue weighted by molar-refractivity contribution is -0.153. The summed E-state index contributed by atoms with van der Waals surface area (Å²) in [5.74, 6) is -4.81. The van der Waals surface area contributed by atoms with E-state index in [1.54, 1.807) is 6.07 Å². The third-order valence-corrected chi connectivity index (χ3v) is 7.57. The van der Waals surface area contributed by atoms with Crippen molar-refractivity contribution in [1.82, 2.24) is 25.4 Å². The highest BCUT2D eigenvalue weighted by atomic mass is 32.1. The molecule has 16 heteroatoms. The first-order valence-electron chi connectivity index (χ1n) is 13.2. The summed E-state index contributed by atoms with van der Waals surface area (Å²) in [5, 5.41) is 26.6. The summed E-state index contributed by atoms with van der Waals surface area (Å²) in [6, 6.07) is 2.08. The van der Waals surface area contributed by atoms with Gasteiger partial charge >= 0.3 is 30.9 Å². The number of carbonyl (C=O) groups excluding carboxylic acids is 4. The molecule has 0 radical (unpaired) electrons. The van der Waals surface area contributed by atoms with Crippen LogP contribution in [-0.2, 0) is 20.8 Å². The SMILES string of the molecule is CCCCCCN1CCN(C(=O)NC(C(=O)N[C@H]2Cc3cccc(C(=O)O)c3OB2O)c2csc(N)n2)C(=O)C1=O. The van der Waals surface area contributed by atoms with Crippen LogP contribution in [-0.4, -0.2) is 87.3 Å². The van der Waals surface area contributed by atoms with Crippen molar-refractivity contribution < 1.29 is 38.8 Å². The van der Waals surface area contributed by atoms with Crippen LogP contribution in [0.2, 0.25) is 0 Å². The van der Waals surface area contributed by atoms with Crippen LogP contribution in [0, 0.1) is 0 Å². The molecule has 1 aromatic carbocycles. The molecule has 1 saturated heterocycles. The first kappa shape index (κ1) is 29.8. The Hall–Kier alpha value is -4.18. The molecule has 3 heterocycles. The Balaban J connectivity index is 1.45. The lowest BCUT2D eigenvalue weighted by Crippen LogP contribution is -2.60. The van der Waals surface area contributed by atoms with E-state index in [1.807, 2.05) is 0 Å². The minimum absolute atomic E-state index is 0.00260. The number of carbonyl (C=O) groups is 5. The quantitative estimate of drug-likeness (QED) is 0.149. The number of aromatic nitrogens is 1. The van der Waals surface area contributed by atoms with E-state index in [0.29, 0.717) is 12.1 Å². The number of nitrogens with two attached hydrogens (primary N) is 1. The molecule has 14 nitrogen and oxygen atoms in total. The van der Waals surface area contributed by atoms with Gasteiger partial charge in [0.15, 0.2) is 11.2 Å². The number of unbranched alkanes of at least 4 members (excludes halogenated alkanes) is 3. The zero-order valence-corrected chi connectivity index (χ0v) is 23.2. The molecule has 0 saturated carbocycles. The number of nitrogen functional groups attached to an aromatic ring is 1. The number of piperazine rings is 1. The third-order valence-electron chi connectivity index (χ3n) is 6.88. The summed E-state index contributed by atoms with van der Waals surface area (Å²) in [6.07, 6.45) is 3.78. The number of hydrogen-bond acceptors (Lipinski definition) is 10. The summed E-state index contributed by atoms with van der Waals surface area (Å²) in [7, 11) is -1.59. The fourth-order valence-corrected chi connectivity index (χ4v) is 5.29. The highest BCUT2D eigenvalue weighted by molar-refractivity contribution is 7.13. The van der Waals surface area contributed by atoms with Crippen LogP contribution in [0.1, 0.15) is 60.3 Å². The Morgan fingerprint density at radius 1 is 1.22 bits per heavy atom. The number of hydrogen-bond donors (Lipinski definition) is 5. The van der Waals surface area contributed by atoms with Crippen LogP contribution >= 0.6 is 11.3 Å². The van der Waals surface area contributed by atoms with Gasteiger partial charge in [-0.2, -0.15) is 0 Å². The largest absolute Gasteiger partial charge is 0.547 e. The molecule has 5 amide bonds. The molecule has 2 aliphatic rings. The van der Waals surface area contributed by atoms with E-state index < -0.39 is 48.8 Å². The summed E-state index contributed by atoms with van der Waals surface area (Å²) < 4.78 is 5.42. The van der Waals surface area contributed by atoms with Gasteiger partial charge < -0.3 is 36.1 Å². The van der Waals surface area contributed by atoms with Crippen molar-refractivity contribution in [3.05, 3.63) is 40.4 Å². The van der Waals surface area contributed by atoms with Crippen LogP contribution in [0.4, 0.5) is 9.93 Å². The number of thiazole rings is 1. The third kappa shape index (κ3) is 6.77. The minimum atomic E-state index is -1.59. The van der Waals surface area contributed by atoms with Crippen molar-refractivity contribution in [3.8, 4) is 5.75 Å². The number of fused-ring (bicyclic) bond motifs is 1. The van der Waals surface area contributed by atoms with E-state index in [1.165, 1.54) is 22.4 Å². The Morgan fingerprint density at radius 3 is 2.68 bits per heavy atom. The topological polar surface area (TPSA) is 204 Å². The molecular weight excluding hydrogens is 555 g/mol. The first-order chi connectivity index (χ1) is 19.6. The molecule has 6 N–H and O–H groups in total.